The van der Waals surface area contributed by atoms with Crippen molar-refractivity contribution in [3.8, 4) is 0 Å². The summed E-state index contributed by atoms with van der Waals surface area (Å²) in [5.74, 6) is 0. The van der Waals surface area contributed by atoms with E-state index in [-0.39, 0.29) is 0 Å². The molecule has 1 aromatic rings. The van der Waals surface area contributed by atoms with Crippen molar-refractivity contribution in [1.29, 1.82) is 0 Å². The van der Waals surface area contributed by atoms with Crippen molar-refractivity contribution < 1.29 is 13.3 Å². The van der Waals surface area contributed by atoms with E-state index >= 15 is 0 Å². The van der Waals surface area contributed by atoms with Crippen LogP contribution in [0.15, 0.2) is 51.4 Å². The fourth-order valence-electron chi connectivity index (χ4n) is 2.89. The molecule has 3 nitrogen and oxygen atoms in total. The Balaban J connectivity index is 2.39. The molecule has 0 aromatic heterocycles. The summed E-state index contributed by atoms with van der Waals surface area (Å²) in [5.41, 5.74) is 3.51. The van der Waals surface area contributed by atoms with E-state index in [9.17, 15) is 0 Å². The quantitative estimate of drug-likeness (QED) is 0.328. The van der Waals surface area contributed by atoms with Crippen molar-refractivity contribution >= 4 is 32.2 Å². The molecular weight excluding hydrogens is 384 g/mol. The first-order valence-corrected chi connectivity index (χ1v) is 12.4. The highest BCUT2D eigenvalue weighted by molar-refractivity contribution is 8.03. The summed E-state index contributed by atoms with van der Waals surface area (Å²) < 4.78 is 18.1. The molecule has 144 valence electrons. The Kier molecular flexibility index (Phi) is 9.46. The summed E-state index contributed by atoms with van der Waals surface area (Å²) in [6.07, 6.45) is 7.03. The summed E-state index contributed by atoms with van der Waals surface area (Å²) in [6.45, 7) is 7.67. The minimum atomic E-state index is -2.86. The predicted octanol–water partition coefficient (Wildman–Crippen LogP) is 6.40. The predicted molar refractivity (Wildman–Crippen MR) is 113 cm³/mol. The summed E-state index contributed by atoms with van der Waals surface area (Å²) in [6, 6.07) is 7.95. The van der Waals surface area contributed by atoms with E-state index in [0.717, 1.165) is 22.8 Å². The zero-order valence-electron chi connectivity index (χ0n) is 15.9. The number of thioether (sulfide) groups is 1. The highest BCUT2D eigenvalue weighted by atomic mass is 35.5. The van der Waals surface area contributed by atoms with Crippen LogP contribution in [0.5, 0.6) is 0 Å². The first-order chi connectivity index (χ1) is 12.6. The molecule has 0 saturated carbocycles. The molecule has 0 atom stereocenters. The van der Waals surface area contributed by atoms with Crippen LogP contribution in [-0.2, 0) is 13.3 Å². The van der Waals surface area contributed by atoms with Crippen LogP contribution in [0.2, 0.25) is 5.02 Å². The normalized spacial score (nSPS) is 15.8. The van der Waals surface area contributed by atoms with Gasteiger partial charge in [-0.05, 0) is 76.3 Å². The highest BCUT2D eigenvalue weighted by Crippen LogP contribution is 2.38. The molecule has 1 aromatic carbocycles. The van der Waals surface area contributed by atoms with E-state index in [4.69, 9.17) is 24.9 Å². The van der Waals surface area contributed by atoms with Crippen LogP contribution in [0.1, 0.15) is 46.5 Å². The van der Waals surface area contributed by atoms with Crippen LogP contribution in [0, 0.1) is 0 Å². The molecule has 0 unspecified atom stereocenters. The van der Waals surface area contributed by atoms with Gasteiger partial charge in [0.15, 0.2) is 0 Å². The maximum atomic E-state index is 6.04. The van der Waals surface area contributed by atoms with E-state index in [1.165, 1.54) is 23.3 Å². The van der Waals surface area contributed by atoms with E-state index in [1.807, 2.05) is 32.9 Å². The lowest BCUT2D eigenvalue weighted by Crippen LogP contribution is -2.44. The summed E-state index contributed by atoms with van der Waals surface area (Å²) in [5, 5.41) is 0.749. The molecule has 6 heteroatoms. The minimum absolute atomic E-state index is 0.570. The molecule has 0 heterocycles. The van der Waals surface area contributed by atoms with Crippen LogP contribution < -0.4 is 0 Å². The maximum absolute atomic E-state index is 6.04. The fourth-order valence-corrected chi connectivity index (χ4v) is 6.74. The molecular formula is C20H29ClO3SSi. The standard InChI is InChI=1S/C20H29ClO3SSi/c1-4-22-26(23-5-2,24-6-3)16-20(17-10-8-7-9-11-17)25-19-14-12-18(21)13-15-19/h10,12-16H,4-9,11H2,1-3H3/b20-16-. The second kappa shape index (κ2) is 11.3. The molecule has 0 aliphatic heterocycles. The fraction of sp³-hybridized carbons (Fsp3) is 0.500. The van der Waals surface area contributed by atoms with Crippen molar-refractivity contribution in [2.75, 3.05) is 19.8 Å². The van der Waals surface area contributed by atoms with Gasteiger partial charge in [-0.1, -0.05) is 29.4 Å². The third-order valence-corrected chi connectivity index (χ3v) is 8.28. The molecule has 1 aliphatic carbocycles. The van der Waals surface area contributed by atoms with E-state index in [0.29, 0.717) is 19.8 Å². The van der Waals surface area contributed by atoms with E-state index in [1.54, 1.807) is 11.8 Å². The van der Waals surface area contributed by atoms with Crippen molar-refractivity contribution in [2.45, 2.75) is 51.3 Å². The van der Waals surface area contributed by atoms with Crippen LogP contribution in [0.4, 0.5) is 0 Å². The number of hydrogen-bond acceptors (Lipinski definition) is 4. The zero-order chi connectivity index (χ0) is 18.8. The monoisotopic (exact) mass is 412 g/mol. The van der Waals surface area contributed by atoms with Crippen LogP contribution >= 0.6 is 23.4 Å². The summed E-state index contributed by atoms with van der Waals surface area (Å²) in [4.78, 5) is 2.34. The smallest absolute Gasteiger partial charge is 0.371 e. The molecule has 26 heavy (non-hydrogen) atoms. The van der Waals surface area contributed by atoms with Gasteiger partial charge in [0.25, 0.3) is 0 Å². The number of benzene rings is 1. The molecule has 0 saturated heterocycles. The summed E-state index contributed by atoms with van der Waals surface area (Å²) >= 11 is 7.78. The van der Waals surface area contributed by atoms with Gasteiger partial charge in [-0.25, -0.2) is 0 Å². The number of hydrogen-bond donors (Lipinski definition) is 0. The van der Waals surface area contributed by atoms with Gasteiger partial charge in [0.1, 0.15) is 0 Å². The molecule has 0 radical (unpaired) electrons. The minimum Gasteiger partial charge on any atom is -0.371 e. The lowest BCUT2D eigenvalue weighted by molar-refractivity contribution is 0.0842. The summed E-state index contributed by atoms with van der Waals surface area (Å²) in [7, 11) is -2.86. The third kappa shape index (κ3) is 6.55. The lowest BCUT2D eigenvalue weighted by Gasteiger charge is -2.27. The van der Waals surface area contributed by atoms with Crippen LogP contribution in [0.25, 0.3) is 0 Å². The number of allylic oxidation sites excluding steroid dienone is 2. The Bertz CT molecular complexity index is 599. The van der Waals surface area contributed by atoms with Gasteiger partial charge in [-0.2, -0.15) is 0 Å². The Morgan fingerprint density at radius 2 is 1.65 bits per heavy atom. The van der Waals surface area contributed by atoms with Crippen molar-refractivity contribution in [3.05, 3.63) is 51.5 Å². The zero-order valence-corrected chi connectivity index (χ0v) is 18.5. The number of rotatable bonds is 10. The van der Waals surface area contributed by atoms with Crippen molar-refractivity contribution in [2.24, 2.45) is 0 Å². The Morgan fingerprint density at radius 1 is 1.04 bits per heavy atom. The molecule has 0 N–H and O–H groups in total. The number of halogens is 1. The van der Waals surface area contributed by atoms with Crippen LogP contribution in [-0.4, -0.2) is 28.6 Å². The topological polar surface area (TPSA) is 27.7 Å². The van der Waals surface area contributed by atoms with E-state index < -0.39 is 8.80 Å². The highest BCUT2D eigenvalue weighted by Gasteiger charge is 2.39. The molecule has 2 rings (SSSR count). The van der Waals surface area contributed by atoms with Gasteiger partial charge < -0.3 is 13.3 Å². The Labute approximate surface area is 168 Å². The second-order valence-corrected chi connectivity index (χ2v) is 9.86. The SMILES string of the molecule is CCO[Si](/C=C(\Sc1ccc(Cl)cc1)C1=CCCCC1)(OCC)OCC. The maximum Gasteiger partial charge on any atom is 0.530 e. The Morgan fingerprint density at radius 3 is 2.15 bits per heavy atom. The molecule has 0 bridgehead atoms. The lowest BCUT2D eigenvalue weighted by atomic mass is 10.00. The van der Waals surface area contributed by atoms with Gasteiger partial charge in [0.05, 0.1) is 0 Å². The van der Waals surface area contributed by atoms with Crippen molar-refractivity contribution in [1.82, 2.24) is 0 Å². The average Bonchev–Trinajstić information content (AvgIpc) is 2.64. The molecule has 1 aliphatic rings. The van der Waals surface area contributed by atoms with Gasteiger partial charge in [0, 0.05) is 40.3 Å². The van der Waals surface area contributed by atoms with Gasteiger partial charge in [-0.15, -0.1) is 0 Å². The average molecular weight is 413 g/mol. The second-order valence-electron chi connectivity index (χ2n) is 5.94. The molecule has 0 spiro atoms. The van der Waals surface area contributed by atoms with Gasteiger partial charge in [0.2, 0.25) is 0 Å². The van der Waals surface area contributed by atoms with E-state index in [2.05, 4.69) is 23.9 Å². The van der Waals surface area contributed by atoms with Crippen molar-refractivity contribution in [3.63, 3.8) is 0 Å². The largest absolute Gasteiger partial charge is 0.530 e. The van der Waals surface area contributed by atoms with Crippen LogP contribution in [0.3, 0.4) is 0 Å². The Hall–Kier alpha value is -0.563. The first kappa shape index (κ1) is 21.7. The molecule has 0 amide bonds. The first-order valence-electron chi connectivity index (χ1n) is 9.40. The molecule has 0 fully saturated rings. The third-order valence-electron chi connectivity index (χ3n) is 3.99. The van der Waals surface area contributed by atoms with Gasteiger partial charge in [-0.3, -0.25) is 0 Å². The van der Waals surface area contributed by atoms with Gasteiger partial charge >= 0.3 is 8.80 Å².